The predicted octanol–water partition coefficient (Wildman–Crippen LogP) is 5.36. The molecule has 0 aliphatic heterocycles. The van der Waals surface area contributed by atoms with Crippen LogP contribution in [0.1, 0.15) is 59.5 Å². The van der Waals surface area contributed by atoms with Crippen LogP contribution in [0.25, 0.3) is 0 Å². The van der Waals surface area contributed by atoms with Crippen LogP contribution >= 0.6 is 0 Å². The molecule has 0 amide bonds. The van der Waals surface area contributed by atoms with Crippen molar-refractivity contribution in [2.24, 2.45) is 5.92 Å². The van der Waals surface area contributed by atoms with Crippen molar-refractivity contribution in [2.45, 2.75) is 44.9 Å². The SMILES string of the molecule is Cc1ccc(C2CCC(CC(=O)C(=O)c3[c-]cccc3)CC2)cc1.[CH3-].[Co].[Co]. The first-order chi connectivity index (χ1) is 11.6. The Morgan fingerprint density at radius 1 is 0.963 bits per heavy atom. The number of benzene rings is 2. The quantitative estimate of drug-likeness (QED) is 0.348. The van der Waals surface area contributed by atoms with Crippen LogP contribution in [0.3, 0.4) is 0 Å². The standard InChI is InChI=1S/C22H23O2.CH3.2Co/c1-16-7-11-18(12-8-16)19-13-9-17(10-14-19)15-21(23)22(24)20-5-3-2-4-6-20;;;/h2-5,7-8,11-12,17,19H,9-10,13-15H2,1H3;1H3;;/q2*-1;;. The number of carbonyl (C=O) groups excluding carboxylic acids is 2. The largest absolute Gasteiger partial charge is 0.358 e. The van der Waals surface area contributed by atoms with E-state index in [-0.39, 0.29) is 46.8 Å². The van der Waals surface area contributed by atoms with E-state index < -0.39 is 5.78 Å². The average Bonchev–Trinajstić information content (AvgIpc) is 2.63. The minimum Gasteiger partial charge on any atom is -0.358 e. The molecule has 1 saturated carbocycles. The molecule has 4 heteroatoms. The number of aryl methyl sites for hydroxylation is 1. The summed E-state index contributed by atoms with van der Waals surface area (Å²) in [6.07, 6.45) is 4.63. The molecule has 0 atom stereocenters. The Bertz CT molecular complexity index is 703. The second-order valence-electron chi connectivity index (χ2n) is 6.86. The van der Waals surface area contributed by atoms with Gasteiger partial charge in [0.05, 0.1) is 0 Å². The fraction of sp³-hybridized carbons (Fsp3) is 0.348. The summed E-state index contributed by atoms with van der Waals surface area (Å²) in [6, 6.07) is 18.5. The predicted molar refractivity (Wildman–Crippen MR) is 102 cm³/mol. The molecule has 1 fully saturated rings. The zero-order chi connectivity index (χ0) is 16.9. The molecule has 0 bridgehead atoms. The second kappa shape index (κ2) is 12.3. The summed E-state index contributed by atoms with van der Waals surface area (Å²) in [6.45, 7) is 2.10. The molecule has 2 radical (unpaired) electrons. The molecule has 0 saturated heterocycles. The van der Waals surface area contributed by atoms with Gasteiger partial charge >= 0.3 is 0 Å². The number of rotatable bonds is 5. The number of ketones is 2. The van der Waals surface area contributed by atoms with Crippen LogP contribution in [0.5, 0.6) is 0 Å². The number of hydrogen-bond donors (Lipinski definition) is 0. The molecular weight excluding hydrogens is 426 g/mol. The van der Waals surface area contributed by atoms with Crippen molar-refractivity contribution >= 4 is 11.6 Å². The maximum atomic E-state index is 12.2. The van der Waals surface area contributed by atoms with Crippen LogP contribution in [0.4, 0.5) is 0 Å². The maximum Gasteiger partial charge on any atom is 0.161 e. The number of Topliss-reactive ketones (excluding diaryl/α,β-unsaturated/α-hetero) is 2. The van der Waals surface area contributed by atoms with Crippen LogP contribution in [0, 0.1) is 26.3 Å². The van der Waals surface area contributed by atoms with Gasteiger partial charge in [-0.25, -0.2) is 0 Å². The first-order valence-corrected chi connectivity index (χ1v) is 8.74. The topological polar surface area (TPSA) is 34.1 Å². The van der Waals surface area contributed by atoms with Crippen molar-refractivity contribution < 1.29 is 43.1 Å². The molecule has 2 aromatic carbocycles. The van der Waals surface area contributed by atoms with Crippen molar-refractivity contribution in [3.63, 3.8) is 0 Å². The Kier molecular flexibility index (Phi) is 11.7. The van der Waals surface area contributed by atoms with E-state index in [1.807, 2.05) is 0 Å². The van der Waals surface area contributed by atoms with E-state index in [0.29, 0.717) is 23.8 Å². The van der Waals surface area contributed by atoms with Crippen molar-refractivity contribution in [3.8, 4) is 0 Å². The summed E-state index contributed by atoms with van der Waals surface area (Å²) in [5.41, 5.74) is 3.07. The van der Waals surface area contributed by atoms with E-state index in [0.717, 1.165) is 25.7 Å². The van der Waals surface area contributed by atoms with Crippen LogP contribution in [0.15, 0.2) is 48.5 Å². The van der Waals surface area contributed by atoms with Gasteiger partial charge in [0.2, 0.25) is 0 Å². The van der Waals surface area contributed by atoms with Gasteiger partial charge in [-0.15, -0.1) is 35.9 Å². The second-order valence-corrected chi connectivity index (χ2v) is 6.86. The molecule has 0 N–H and O–H groups in total. The molecular formula is C23H26Co2O2-2. The molecule has 0 aromatic heterocycles. The molecule has 150 valence electrons. The molecule has 0 spiro atoms. The van der Waals surface area contributed by atoms with Gasteiger partial charge in [0.15, 0.2) is 5.78 Å². The third-order valence-corrected chi connectivity index (χ3v) is 5.08. The van der Waals surface area contributed by atoms with Crippen LogP contribution in [0.2, 0.25) is 0 Å². The Hall–Kier alpha value is -1.21. The molecule has 1 aliphatic rings. The number of hydrogen-bond acceptors (Lipinski definition) is 2. The third-order valence-electron chi connectivity index (χ3n) is 5.08. The molecule has 27 heavy (non-hydrogen) atoms. The van der Waals surface area contributed by atoms with Gasteiger partial charge < -0.3 is 17.0 Å². The van der Waals surface area contributed by atoms with Crippen LogP contribution < -0.4 is 0 Å². The third kappa shape index (κ3) is 7.03. The summed E-state index contributed by atoms with van der Waals surface area (Å²) in [5, 5.41) is 0. The first-order valence-electron chi connectivity index (χ1n) is 8.74. The Morgan fingerprint density at radius 3 is 2.15 bits per heavy atom. The fourth-order valence-electron chi connectivity index (χ4n) is 3.58. The monoisotopic (exact) mass is 452 g/mol. The molecule has 3 rings (SSSR count). The first kappa shape index (κ1) is 25.8. The zero-order valence-electron chi connectivity index (χ0n) is 15.8. The van der Waals surface area contributed by atoms with Gasteiger partial charge in [0, 0.05) is 40.0 Å². The smallest absolute Gasteiger partial charge is 0.161 e. The van der Waals surface area contributed by atoms with Gasteiger partial charge in [0.1, 0.15) is 5.78 Å². The zero-order valence-corrected chi connectivity index (χ0v) is 17.9. The summed E-state index contributed by atoms with van der Waals surface area (Å²) in [5.74, 6) is 0.273. The number of carbonyl (C=O) groups is 2. The fourth-order valence-corrected chi connectivity index (χ4v) is 3.58. The minimum atomic E-state index is -0.392. The molecule has 0 heterocycles. The van der Waals surface area contributed by atoms with E-state index >= 15 is 0 Å². The van der Waals surface area contributed by atoms with E-state index in [2.05, 4.69) is 37.3 Å². The van der Waals surface area contributed by atoms with Crippen molar-refractivity contribution in [2.75, 3.05) is 0 Å². The molecule has 1 aliphatic carbocycles. The van der Waals surface area contributed by atoms with Crippen molar-refractivity contribution in [1.82, 2.24) is 0 Å². The normalized spacial score (nSPS) is 18.3. The van der Waals surface area contributed by atoms with Crippen molar-refractivity contribution in [1.29, 1.82) is 0 Å². The van der Waals surface area contributed by atoms with Gasteiger partial charge in [-0.3, -0.25) is 0 Å². The summed E-state index contributed by atoms with van der Waals surface area (Å²) in [4.78, 5) is 24.4. The van der Waals surface area contributed by atoms with E-state index in [1.165, 1.54) is 11.1 Å². The Morgan fingerprint density at radius 2 is 1.59 bits per heavy atom. The van der Waals surface area contributed by atoms with E-state index in [1.54, 1.807) is 24.3 Å². The van der Waals surface area contributed by atoms with Gasteiger partial charge in [-0.1, -0.05) is 29.8 Å². The maximum absolute atomic E-state index is 12.2. The van der Waals surface area contributed by atoms with Crippen molar-refractivity contribution in [3.05, 3.63) is 78.7 Å². The van der Waals surface area contributed by atoms with Gasteiger partial charge in [-0.05, 0) is 50.0 Å². The van der Waals surface area contributed by atoms with E-state index in [9.17, 15) is 9.59 Å². The molecule has 0 unspecified atom stereocenters. The molecule has 2 aromatic rings. The minimum absolute atomic E-state index is 0. The summed E-state index contributed by atoms with van der Waals surface area (Å²) in [7, 11) is 0. The van der Waals surface area contributed by atoms with Crippen LogP contribution in [-0.4, -0.2) is 11.6 Å². The average molecular weight is 452 g/mol. The summed E-state index contributed by atoms with van der Waals surface area (Å²) < 4.78 is 0. The molecule has 2 nitrogen and oxygen atoms in total. The van der Waals surface area contributed by atoms with Gasteiger partial charge in [-0.2, -0.15) is 0 Å². The van der Waals surface area contributed by atoms with Crippen LogP contribution in [-0.2, 0) is 38.4 Å². The Balaban J connectivity index is 0.00000225. The summed E-state index contributed by atoms with van der Waals surface area (Å²) >= 11 is 0. The van der Waals surface area contributed by atoms with Gasteiger partial charge in [0.25, 0.3) is 0 Å². The Labute approximate surface area is 183 Å². The van der Waals surface area contributed by atoms with E-state index in [4.69, 9.17) is 0 Å².